The molecule has 1 aromatic carbocycles. The average Bonchev–Trinajstić information content (AvgIpc) is 2.84. The summed E-state index contributed by atoms with van der Waals surface area (Å²) in [5.41, 5.74) is 3.74. The summed E-state index contributed by atoms with van der Waals surface area (Å²) in [6.45, 7) is 2.05. The first-order chi connectivity index (χ1) is 9.72. The normalized spacial score (nSPS) is 10.9. The average molecular weight is 288 g/mol. The largest absolute Gasteiger partial charge is 0.481 e. The molecule has 0 aliphatic heterocycles. The molecule has 2 aromatic heterocycles. The summed E-state index contributed by atoms with van der Waals surface area (Å²) in [7, 11) is 1.60. The highest BCUT2D eigenvalue weighted by atomic mass is 35.5. The second-order valence-electron chi connectivity index (χ2n) is 4.53. The van der Waals surface area contributed by atoms with Crippen LogP contribution in [0.1, 0.15) is 11.4 Å². The summed E-state index contributed by atoms with van der Waals surface area (Å²) in [4.78, 5) is 9.01. The van der Waals surface area contributed by atoms with Crippen LogP contribution in [0.5, 0.6) is 5.88 Å². The van der Waals surface area contributed by atoms with E-state index in [1.54, 1.807) is 13.2 Å². The molecule has 0 saturated heterocycles. The van der Waals surface area contributed by atoms with E-state index in [2.05, 4.69) is 29.0 Å². The third kappa shape index (κ3) is 2.12. The van der Waals surface area contributed by atoms with Crippen LogP contribution >= 0.6 is 11.6 Å². The van der Waals surface area contributed by atoms with Crippen LogP contribution in [0.3, 0.4) is 0 Å². The Bertz CT molecular complexity index is 767. The maximum Gasteiger partial charge on any atom is 0.215 e. The molecular weight excluding hydrogens is 274 g/mol. The van der Waals surface area contributed by atoms with Crippen LogP contribution in [-0.2, 0) is 5.88 Å². The third-order valence-electron chi connectivity index (χ3n) is 3.14. The minimum atomic E-state index is 0.326. The number of benzene rings is 1. The number of rotatable bonds is 3. The van der Waals surface area contributed by atoms with Crippen molar-refractivity contribution in [2.45, 2.75) is 12.8 Å². The van der Waals surface area contributed by atoms with Crippen molar-refractivity contribution in [1.82, 2.24) is 14.5 Å². The van der Waals surface area contributed by atoms with Gasteiger partial charge in [0, 0.05) is 11.8 Å². The Hall–Kier alpha value is -2.07. The first-order valence-electron chi connectivity index (χ1n) is 6.28. The van der Waals surface area contributed by atoms with Gasteiger partial charge in [-0.3, -0.25) is 4.57 Å². The fourth-order valence-electron chi connectivity index (χ4n) is 2.23. The van der Waals surface area contributed by atoms with Crippen molar-refractivity contribution in [1.29, 1.82) is 0 Å². The fourth-order valence-corrected chi connectivity index (χ4v) is 2.41. The zero-order valence-corrected chi connectivity index (χ0v) is 12.1. The maximum absolute atomic E-state index is 6.02. The molecule has 0 aliphatic rings. The molecule has 0 bridgehead atoms. The number of imidazole rings is 1. The van der Waals surface area contributed by atoms with E-state index in [4.69, 9.17) is 16.3 Å². The zero-order chi connectivity index (χ0) is 14.1. The standard InChI is InChI=1S/C15H14ClN3O/c1-10-4-3-5-11(8-10)19-13(9-16)17-12-6-7-14(20-2)18-15(12)19/h3-8H,9H2,1-2H3. The molecule has 102 valence electrons. The second-order valence-corrected chi connectivity index (χ2v) is 4.80. The number of nitrogens with zero attached hydrogens (tertiary/aromatic N) is 3. The molecule has 0 saturated carbocycles. The van der Waals surface area contributed by atoms with Crippen molar-refractivity contribution in [2.24, 2.45) is 0 Å². The first-order valence-corrected chi connectivity index (χ1v) is 6.82. The minimum Gasteiger partial charge on any atom is -0.481 e. The molecule has 5 heteroatoms. The van der Waals surface area contributed by atoms with E-state index in [0.29, 0.717) is 11.8 Å². The molecule has 0 aliphatic carbocycles. The van der Waals surface area contributed by atoms with Gasteiger partial charge in [0.25, 0.3) is 0 Å². The highest BCUT2D eigenvalue weighted by molar-refractivity contribution is 6.16. The number of alkyl halides is 1. The Morgan fingerprint density at radius 2 is 2.05 bits per heavy atom. The van der Waals surface area contributed by atoms with Crippen LogP contribution in [0.2, 0.25) is 0 Å². The number of aromatic nitrogens is 3. The van der Waals surface area contributed by atoms with Gasteiger partial charge in [-0.15, -0.1) is 11.6 Å². The molecule has 0 unspecified atom stereocenters. The van der Waals surface area contributed by atoms with E-state index in [0.717, 1.165) is 22.7 Å². The Morgan fingerprint density at radius 1 is 1.20 bits per heavy atom. The molecule has 4 nitrogen and oxygen atoms in total. The number of halogens is 1. The number of pyridine rings is 1. The Labute approximate surface area is 122 Å². The van der Waals surface area contributed by atoms with Crippen molar-refractivity contribution >= 4 is 22.8 Å². The first kappa shape index (κ1) is 12.9. The van der Waals surface area contributed by atoms with Crippen LogP contribution in [0.4, 0.5) is 0 Å². The molecular formula is C15H14ClN3O. The number of hydrogen-bond acceptors (Lipinski definition) is 3. The van der Waals surface area contributed by atoms with Crippen LogP contribution < -0.4 is 4.74 Å². The summed E-state index contributed by atoms with van der Waals surface area (Å²) in [5.74, 6) is 1.66. The molecule has 0 atom stereocenters. The van der Waals surface area contributed by atoms with Gasteiger partial charge in [-0.05, 0) is 30.7 Å². The smallest absolute Gasteiger partial charge is 0.215 e. The highest BCUT2D eigenvalue weighted by Crippen LogP contribution is 2.23. The van der Waals surface area contributed by atoms with Crippen molar-refractivity contribution in [3.8, 4) is 11.6 Å². The maximum atomic E-state index is 6.02. The van der Waals surface area contributed by atoms with Crippen molar-refractivity contribution < 1.29 is 4.74 Å². The molecule has 3 rings (SSSR count). The predicted octanol–water partition coefficient (Wildman–Crippen LogP) is 3.48. The molecule has 20 heavy (non-hydrogen) atoms. The Balaban J connectivity index is 2.31. The second kappa shape index (κ2) is 5.13. The summed E-state index contributed by atoms with van der Waals surface area (Å²) in [6, 6.07) is 11.9. The SMILES string of the molecule is COc1ccc2nc(CCl)n(-c3cccc(C)c3)c2n1. The lowest BCUT2D eigenvalue weighted by Crippen LogP contribution is -2.01. The fraction of sp³-hybridized carbons (Fsp3) is 0.200. The van der Waals surface area contributed by atoms with E-state index in [9.17, 15) is 0 Å². The predicted molar refractivity (Wildman–Crippen MR) is 79.7 cm³/mol. The summed E-state index contributed by atoms with van der Waals surface area (Å²) in [5, 5.41) is 0. The van der Waals surface area contributed by atoms with Crippen molar-refractivity contribution in [3.05, 3.63) is 47.8 Å². The van der Waals surface area contributed by atoms with E-state index < -0.39 is 0 Å². The monoisotopic (exact) mass is 287 g/mol. The van der Waals surface area contributed by atoms with Gasteiger partial charge in [-0.1, -0.05) is 12.1 Å². The molecule has 3 aromatic rings. The van der Waals surface area contributed by atoms with Gasteiger partial charge >= 0.3 is 0 Å². The van der Waals surface area contributed by atoms with Crippen LogP contribution in [-0.4, -0.2) is 21.6 Å². The third-order valence-corrected chi connectivity index (χ3v) is 3.38. The molecule has 0 N–H and O–H groups in total. The van der Waals surface area contributed by atoms with Crippen LogP contribution in [0, 0.1) is 6.92 Å². The highest BCUT2D eigenvalue weighted by Gasteiger charge is 2.13. The van der Waals surface area contributed by atoms with Gasteiger partial charge in [0.15, 0.2) is 5.65 Å². The quantitative estimate of drug-likeness (QED) is 0.693. The summed E-state index contributed by atoms with van der Waals surface area (Å²) < 4.78 is 7.16. The van der Waals surface area contributed by atoms with Crippen LogP contribution in [0.25, 0.3) is 16.9 Å². The molecule has 0 radical (unpaired) electrons. The minimum absolute atomic E-state index is 0.326. The Kier molecular flexibility index (Phi) is 3.32. The summed E-state index contributed by atoms with van der Waals surface area (Å²) in [6.07, 6.45) is 0. The molecule has 0 spiro atoms. The number of hydrogen-bond donors (Lipinski definition) is 0. The Morgan fingerprint density at radius 3 is 2.75 bits per heavy atom. The number of ether oxygens (including phenoxy) is 1. The van der Waals surface area contributed by atoms with Crippen molar-refractivity contribution in [3.63, 3.8) is 0 Å². The van der Waals surface area contributed by atoms with Crippen LogP contribution in [0.15, 0.2) is 36.4 Å². The topological polar surface area (TPSA) is 39.9 Å². The van der Waals surface area contributed by atoms with Gasteiger partial charge in [0.1, 0.15) is 11.3 Å². The van der Waals surface area contributed by atoms with Gasteiger partial charge in [-0.2, -0.15) is 4.98 Å². The lowest BCUT2D eigenvalue weighted by Gasteiger charge is -2.08. The zero-order valence-electron chi connectivity index (χ0n) is 11.3. The number of fused-ring (bicyclic) bond motifs is 1. The number of methoxy groups -OCH3 is 1. The van der Waals surface area contributed by atoms with E-state index in [1.165, 1.54) is 5.56 Å². The van der Waals surface area contributed by atoms with E-state index in [-0.39, 0.29) is 0 Å². The van der Waals surface area contributed by atoms with Gasteiger partial charge in [0.05, 0.1) is 13.0 Å². The number of aryl methyl sites for hydroxylation is 1. The molecule has 0 amide bonds. The van der Waals surface area contributed by atoms with Gasteiger partial charge < -0.3 is 4.74 Å². The van der Waals surface area contributed by atoms with Gasteiger partial charge in [-0.25, -0.2) is 4.98 Å². The summed E-state index contributed by atoms with van der Waals surface area (Å²) >= 11 is 6.02. The van der Waals surface area contributed by atoms with E-state index in [1.807, 2.05) is 22.8 Å². The molecule has 0 fully saturated rings. The molecule has 2 heterocycles. The van der Waals surface area contributed by atoms with Crippen molar-refractivity contribution in [2.75, 3.05) is 7.11 Å². The van der Waals surface area contributed by atoms with Gasteiger partial charge in [0.2, 0.25) is 5.88 Å². The van der Waals surface area contributed by atoms with E-state index >= 15 is 0 Å². The lowest BCUT2D eigenvalue weighted by molar-refractivity contribution is 0.399. The lowest BCUT2D eigenvalue weighted by atomic mass is 10.2.